The number of thiophene rings is 1. The Bertz CT molecular complexity index is 1520. The number of rotatable bonds is 6. The van der Waals surface area contributed by atoms with Crippen molar-refractivity contribution in [1.82, 2.24) is 29.3 Å². The molecule has 0 atom stereocenters. The van der Waals surface area contributed by atoms with Crippen molar-refractivity contribution in [1.29, 1.82) is 0 Å². The molecule has 3 aliphatic rings. The van der Waals surface area contributed by atoms with Gasteiger partial charge in [0.2, 0.25) is 11.9 Å². The lowest BCUT2D eigenvalue weighted by molar-refractivity contribution is -0.138. The van der Waals surface area contributed by atoms with Crippen LogP contribution in [0.25, 0.3) is 27.2 Å². The number of carbonyl (C=O) groups excluding carboxylic acids is 1. The minimum Gasteiger partial charge on any atom is -0.378 e. The third kappa shape index (κ3) is 4.86. The molecular formula is C30H37N7O2S. The Morgan fingerprint density at radius 2 is 1.80 bits per heavy atom. The zero-order chi connectivity index (χ0) is 27.1. The molecule has 0 radical (unpaired) electrons. The Balaban J connectivity index is 1.22. The monoisotopic (exact) mass is 559 g/mol. The molecule has 2 aliphatic heterocycles. The molecule has 7 rings (SSSR count). The molecule has 1 aromatic carbocycles. The van der Waals surface area contributed by atoms with Crippen LogP contribution in [0, 0.1) is 0 Å². The third-order valence-electron chi connectivity index (χ3n) is 8.64. The summed E-state index contributed by atoms with van der Waals surface area (Å²) in [5, 5.41) is 0. The van der Waals surface area contributed by atoms with Gasteiger partial charge in [-0.15, -0.1) is 11.3 Å². The standard InChI is InChI=1S/C30H37N7O2S/c1-2-26-31-23-10-6-7-11-25(23)37(26)30-32-24-18-22(40-28(24)29(33-30)34-14-16-39-17-15-34)19-36-13-12-35(20-27(36)38)21-8-4-3-5-9-21/h6-7,10-11,18,21H,2-5,8-9,12-17,19-20H2,1H3. The first-order valence-electron chi connectivity index (χ1n) is 14.8. The van der Waals surface area contributed by atoms with Crippen LogP contribution in [0.4, 0.5) is 5.82 Å². The van der Waals surface area contributed by atoms with E-state index in [9.17, 15) is 4.79 Å². The summed E-state index contributed by atoms with van der Waals surface area (Å²) in [6, 6.07) is 10.9. The van der Waals surface area contributed by atoms with E-state index in [1.807, 2.05) is 23.1 Å². The van der Waals surface area contributed by atoms with Gasteiger partial charge >= 0.3 is 0 Å². The molecule has 5 heterocycles. The fraction of sp³-hybridized carbons (Fsp3) is 0.533. The summed E-state index contributed by atoms with van der Waals surface area (Å²) >= 11 is 1.72. The molecule has 40 heavy (non-hydrogen) atoms. The van der Waals surface area contributed by atoms with Gasteiger partial charge in [0.15, 0.2) is 5.82 Å². The van der Waals surface area contributed by atoms with Crippen LogP contribution in [-0.2, 0) is 22.5 Å². The highest BCUT2D eigenvalue weighted by molar-refractivity contribution is 7.19. The predicted molar refractivity (Wildman–Crippen MR) is 158 cm³/mol. The molecule has 0 spiro atoms. The van der Waals surface area contributed by atoms with Crippen LogP contribution in [0.1, 0.15) is 49.7 Å². The minimum absolute atomic E-state index is 0.243. The van der Waals surface area contributed by atoms with Gasteiger partial charge < -0.3 is 14.5 Å². The van der Waals surface area contributed by atoms with E-state index < -0.39 is 0 Å². The maximum Gasteiger partial charge on any atom is 0.238 e. The van der Waals surface area contributed by atoms with E-state index in [0.29, 0.717) is 38.3 Å². The molecule has 0 bridgehead atoms. The van der Waals surface area contributed by atoms with Crippen molar-refractivity contribution in [2.45, 2.75) is 58.0 Å². The zero-order valence-electron chi connectivity index (χ0n) is 23.2. The third-order valence-corrected chi connectivity index (χ3v) is 9.74. The van der Waals surface area contributed by atoms with Crippen LogP contribution in [0.5, 0.6) is 0 Å². The lowest BCUT2D eigenvalue weighted by Crippen LogP contribution is -2.53. The highest BCUT2D eigenvalue weighted by Crippen LogP contribution is 2.35. The summed E-state index contributed by atoms with van der Waals surface area (Å²) in [5.74, 6) is 2.80. The van der Waals surface area contributed by atoms with E-state index >= 15 is 0 Å². The number of aryl methyl sites for hydroxylation is 1. The average molecular weight is 560 g/mol. The number of hydrogen-bond acceptors (Lipinski definition) is 8. The van der Waals surface area contributed by atoms with Crippen molar-refractivity contribution in [2.24, 2.45) is 0 Å². The van der Waals surface area contributed by atoms with Gasteiger partial charge in [0.05, 0.1) is 47.6 Å². The summed E-state index contributed by atoms with van der Waals surface area (Å²) < 4.78 is 8.84. The van der Waals surface area contributed by atoms with Gasteiger partial charge in [-0.05, 0) is 31.0 Å². The lowest BCUT2D eigenvalue weighted by Gasteiger charge is -2.40. The highest BCUT2D eigenvalue weighted by Gasteiger charge is 2.30. The Kier molecular flexibility index (Phi) is 7.15. The lowest BCUT2D eigenvalue weighted by atomic mass is 9.94. The highest BCUT2D eigenvalue weighted by atomic mass is 32.1. The quantitative estimate of drug-likeness (QED) is 0.346. The molecular weight excluding hydrogens is 522 g/mol. The summed E-state index contributed by atoms with van der Waals surface area (Å²) in [5.41, 5.74) is 2.90. The minimum atomic E-state index is 0.243. The van der Waals surface area contributed by atoms with Gasteiger partial charge in [0.25, 0.3) is 0 Å². The van der Waals surface area contributed by atoms with Gasteiger partial charge in [-0.25, -0.2) is 9.97 Å². The zero-order valence-corrected chi connectivity index (χ0v) is 24.0. The van der Waals surface area contributed by atoms with Crippen LogP contribution in [0.3, 0.4) is 0 Å². The van der Waals surface area contributed by atoms with Crippen LogP contribution in [-0.4, -0.2) is 87.2 Å². The molecule has 0 unspecified atom stereocenters. The van der Waals surface area contributed by atoms with Gasteiger partial charge in [0.1, 0.15) is 5.82 Å². The number of ether oxygens (including phenoxy) is 1. The second-order valence-corrected chi connectivity index (χ2v) is 12.3. The predicted octanol–water partition coefficient (Wildman–Crippen LogP) is 4.41. The molecule has 3 fully saturated rings. The molecule has 2 saturated heterocycles. The Hall–Kier alpha value is -3.08. The van der Waals surface area contributed by atoms with Gasteiger partial charge in [0, 0.05) is 43.5 Å². The summed E-state index contributed by atoms with van der Waals surface area (Å²) in [7, 11) is 0. The second-order valence-electron chi connectivity index (χ2n) is 11.2. The molecule has 0 N–H and O–H groups in total. The number of imidazole rings is 1. The second kappa shape index (κ2) is 11.1. The maximum atomic E-state index is 13.2. The molecule has 10 heteroatoms. The number of aromatic nitrogens is 4. The number of para-hydroxylation sites is 2. The SMILES string of the molecule is CCc1nc2ccccc2n1-c1nc(N2CCOCC2)c2sc(CN3CCN(C4CCCCC4)CC3=O)cc2n1. The number of carbonyl (C=O) groups is 1. The van der Waals surface area contributed by atoms with E-state index in [1.54, 1.807) is 11.3 Å². The number of piperazine rings is 1. The largest absolute Gasteiger partial charge is 0.378 e. The van der Waals surface area contributed by atoms with Crippen molar-refractivity contribution < 1.29 is 9.53 Å². The topological polar surface area (TPSA) is 79.6 Å². The number of morpholine rings is 1. The normalized spacial score (nSPS) is 19.8. The number of fused-ring (bicyclic) bond motifs is 2. The fourth-order valence-corrected chi connectivity index (χ4v) is 7.62. The van der Waals surface area contributed by atoms with Gasteiger partial charge in [-0.1, -0.05) is 38.3 Å². The number of amides is 1. The van der Waals surface area contributed by atoms with Gasteiger partial charge in [-0.2, -0.15) is 4.98 Å². The van der Waals surface area contributed by atoms with E-state index in [1.165, 1.54) is 32.1 Å². The maximum absolute atomic E-state index is 13.2. The van der Waals surface area contributed by atoms with Crippen LogP contribution in [0.15, 0.2) is 30.3 Å². The number of hydrogen-bond donors (Lipinski definition) is 0. The van der Waals surface area contributed by atoms with Crippen molar-refractivity contribution in [3.63, 3.8) is 0 Å². The first-order chi connectivity index (χ1) is 19.7. The van der Waals surface area contributed by atoms with E-state index in [4.69, 9.17) is 19.7 Å². The number of nitrogens with zero attached hydrogens (tertiary/aromatic N) is 7. The summed E-state index contributed by atoms with van der Waals surface area (Å²) in [4.78, 5) is 36.3. The van der Waals surface area contributed by atoms with Crippen LogP contribution >= 0.6 is 11.3 Å². The van der Waals surface area contributed by atoms with E-state index in [-0.39, 0.29) is 5.91 Å². The van der Waals surface area contributed by atoms with Crippen molar-refractivity contribution >= 4 is 44.3 Å². The molecule has 9 nitrogen and oxygen atoms in total. The molecule has 210 valence electrons. The summed E-state index contributed by atoms with van der Waals surface area (Å²) in [6.45, 7) is 8.02. The van der Waals surface area contributed by atoms with Crippen molar-refractivity contribution in [3.8, 4) is 5.95 Å². The Labute approximate surface area is 238 Å². The van der Waals surface area contributed by atoms with Crippen molar-refractivity contribution in [2.75, 3.05) is 50.8 Å². The van der Waals surface area contributed by atoms with Crippen LogP contribution < -0.4 is 4.90 Å². The first-order valence-corrected chi connectivity index (χ1v) is 15.6. The van der Waals surface area contributed by atoms with Gasteiger partial charge in [-0.3, -0.25) is 14.3 Å². The van der Waals surface area contributed by atoms with Crippen LogP contribution in [0.2, 0.25) is 0 Å². The molecule has 4 aromatic rings. The van der Waals surface area contributed by atoms with E-state index in [0.717, 1.165) is 70.4 Å². The first kappa shape index (κ1) is 25.9. The summed E-state index contributed by atoms with van der Waals surface area (Å²) in [6.07, 6.45) is 7.19. The average Bonchev–Trinajstić information content (AvgIpc) is 3.59. The smallest absolute Gasteiger partial charge is 0.238 e. The molecule has 1 amide bonds. The molecule has 1 saturated carbocycles. The number of benzene rings is 1. The Morgan fingerprint density at radius 1 is 0.975 bits per heavy atom. The fourth-order valence-electron chi connectivity index (χ4n) is 6.50. The Morgan fingerprint density at radius 3 is 2.60 bits per heavy atom. The molecule has 1 aliphatic carbocycles. The van der Waals surface area contributed by atoms with Crippen molar-refractivity contribution in [3.05, 3.63) is 41.0 Å². The van der Waals surface area contributed by atoms with E-state index in [2.05, 4.69) is 33.4 Å². The number of anilines is 1. The molecule has 3 aromatic heterocycles.